The van der Waals surface area contributed by atoms with E-state index in [1.807, 2.05) is 0 Å². The van der Waals surface area contributed by atoms with Crippen molar-refractivity contribution in [3.8, 4) is 0 Å². The summed E-state index contributed by atoms with van der Waals surface area (Å²) in [5.41, 5.74) is 1.50. The third-order valence-corrected chi connectivity index (χ3v) is 3.21. The molecular formula is C10H13NO. The summed E-state index contributed by atoms with van der Waals surface area (Å²) < 4.78 is 7.93. The molecule has 64 valence electrons. The Kier molecular flexibility index (Phi) is 1.09. The van der Waals surface area contributed by atoms with Crippen LogP contribution in [0.5, 0.6) is 0 Å². The second kappa shape index (κ2) is 1.94. The molecule has 1 saturated heterocycles. The fraction of sp³-hybridized carbons (Fsp3) is 0.600. The van der Waals surface area contributed by atoms with Crippen LogP contribution in [0, 0.1) is 0 Å². The standard InChI is InChI=1S/C10H13NO/c1-11-7-3-4-8(11)10-6-2-5-9(10)12-10/h3-4,7,9H,2,5-6H2,1H3/t9-,10-/m0/s1. The number of aryl methyl sites for hydroxylation is 1. The maximum absolute atomic E-state index is 5.74. The van der Waals surface area contributed by atoms with Gasteiger partial charge in [0.25, 0.3) is 0 Å². The SMILES string of the molecule is Cn1cccc1[C@@]12CCC[C@@H]1O2. The summed E-state index contributed by atoms with van der Waals surface area (Å²) >= 11 is 0. The van der Waals surface area contributed by atoms with Crippen molar-refractivity contribution in [1.29, 1.82) is 0 Å². The Morgan fingerprint density at radius 2 is 2.58 bits per heavy atom. The Morgan fingerprint density at radius 1 is 1.67 bits per heavy atom. The second-order valence-electron chi connectivity index (χ2n) is 3.89. The summed E-state index contributed by atoms with van der Waals surface area (Å²) in [5, 5.41) is 0. The molecule has 2 heterocycles. The summed E-state index contributed by atoms with van der Waals surface area (Å²) in [4.78, 5) is 0. The molecule has 2 fully saturated rings. The van der Waals surface area contributed by atoms with Crippen LogP contribution in [0.25, 0.3) is 0 Å². The van der Waals surface area contributed by atoms with Gasteiger partial charge in [0.2, 0.25) is 0 Å². The van der Waals surface area contributed by atoms with Gasteiger partial charge in [-0.25, -0.2) is 0 Å². The van der Waals surface area contributed by atoms with E-state index in [2.05, 4.69) is 29.9 Å². The van der Waals surface area contributed by atoms with Crippen LogP contribution in [-0.2, 0) is 17.4 Å². The van der Waals surface area contributed by atoms with E-state index in [0.717, 1.165) is 0 Å². The van der Waals surface area contributed by atoms with E-state index < -0.39 is 0 Å². The number of aromatic nitrogens is 1. The van der Waals surface area contributed by atoms with Gasteiger partial charge in [-0.05, 0) is 31.4 Å². The topological polar surface area (TPSA) is 17.5 Å². The fourth-order valence-corrected chi connectivity index (χ4v) is 2.54. The van der Waals surface area contributed by atoms with Crippen molar-refractivity contribution in [2.75, 3.05) is 0 Å². The number of hydrogen-bond acceptors (Lipinski definition) is 1. The van der Waals surface area contributed by atoms with Gasteiger partial charge in [0.15, 0.2) is 0 Å². The van der Waals surface area contributed by atoms with E-state index >= 15 is 0 Å². The first-order valence-electron chi connectivity index (χ1n) is 4.62. The van der Waals surface area contributed by atoms with Gasteiger partial charge in [-0.15, -0.1) is 0 Å². The quantitative estimate of drug-likeness (QED) is 0.577. The van der Waals surface area contributed by atoms with Gasteiger partial charge in [-0.1, -0.05) is 0 Å². The summed E-state index contributed by atoms with van der Waals surface area (Å²) in [5.74, 6) is 0. The lowest BCUT2D eigenvalue weighted by atomic mass is 10.0. The molecule has 2 nitrogen and oxygen atoms in total. The molecule has 3 rings (SSSR count). The Bertz CT molecular complexity index is 317. The van der Waals surface area contributed by atoms with E-state index in [4.69, 9.17) is 4.74 Å². The predicted molar refractivity (Wildman–Crippen MR) is 45.8 cm³/mol. The maximum Gasteiger partial charge on any atom is 0.134 e. The smallest absolute Gasteiger partial charge is 0.134 e. The van der Waals surface area contributed by atoms with Crippen LogP contribution < -0.4 is 0 Å². The average molecular weight is 163 g/mol. The van der Waals surface area contributed by atoms with Crippen molar-refractivity contribution in [3.05, 3.63) is 24.0 Å². The number of epoxide rings is 1. The van der Waals surface area contributed by atoms with Crippen LogP contribution in [0.2, 0.25) is 0 Å². The monoisotopic (exact) mass is 163 g/mol. The van der Waals surface area contributed by atoms with Gasteiger partial charge in [0, 0.05) is 13.2 Å². The minimum Gasteiger partial charge on any atom is -0.359 e. The zero-order valence-electron chi connectivity index (χ0n) is 7.29. The Balaban J connectivity index is 2.04. The van der Waals surface area contributed by atoms with E-state index in [-0.39, 0.29) is 5.60 Å². The highest BCUT2D eigenvalue weighted by Gasteiger charge is 2.61. The maximum atomic E-state index is 5.74. The first-order chi connectivity index (χ1) is 5.83. The molecule has 12 heavy (non-hydrogen) atoms. The van der Waals surface area contributed by atoms with E-state index in [9.17, 15) is 0 Å². The number of ether oxygens (including phenoxy) is 1. The molecule has 0 aromatic carbocycles. The molecule has 1 aliphatic carbocycles. The summed E-state index contributed by atoms with van der Waals surface area (Å²) in [6.45, 7) is 0. The molecular weight excluding hydrogens is 150 g/mol. The van der Waals surface area contributed by atoms with Gasteiger partial charge in [0.1, 0.15) is 5.60 Å². The van der Waals surface area contributed by atoms with Crippen LogP contribution >= 0.6 is 0 Å². The summed E-state index contributed by atoms with van der Waals surface area (Å²) in [6, 6.07) is 4.28. The Labute approximate surface area is 72.1 Å². The zero-order chi connectivity index (χ0) is 8.18. The molecule has 2 heteroatoms. The van der Waals surface area contributed by atoms with Crippen molar-refractivity contribution in [2.45, 2.75) is 31.0 Å². The van der Waals surface area contributed by atoms with Crippen LogP contribution in [-0.4, -0.2) is 10.7 Å². The van der Waals surface area contributed by atoms with Crippen LogP contribution in [0.4, 0.5) is 0 Å². The predicted octanol–water partition coefficient (Wildman–Crippen LogP) is 1.80. The molecule has 0 radical (unpaired) electrons. The molecule has 1 aromatic heterocycles. The van der Waals surface area contributed by atoms with Crippen molar-refractivity contribution in [2.24, 2.45) is 7.05 Å². The van der Waals surface area contributed by atoms with Crippen molar-refractivity contribution in [1.82, 2.24) is 4.57 Å². The minimum absolute atomic E-state index is 0.137. The third-order valence-electron chi connectivity index (χ3n) is 3.21. The van der Waals surface area contributed by atoms with E-state index in [1.54, 1.807) is 0 Å². The Hall–Kier alpha value is -0.760. The minimum atomic E-state index is 0.137. The van der Waals surface area contributed by atoms with E-state index in [1.165, 1.54) is 25.0 Å². The second-order valence-corrected chi connectivity index (χ2v) is 3.89. The lowest BCUT2D eigenvalue weighted by Gasteiger charge is -2.09. The molecule has 0 N–H and O–H groups in total. The number of rotatable bonds is 1. The first kappa shape index (κ1) is 6.72. The average Bonchev–Trinajstić information content (AvgIpc) is 2.49. The molecule has 2 atom stereocenters. The molecule has 0 amide bonds. The molecule has 2 aliphatic rings. The highest BCUT2D eigenvalue weighted by molar-refractivity contribution is 5.26. The van der Waals surface area contributed by atoms with Crippen molar-refractivity contribution < 1.29 is 4.74 Å². The zero-order valence-corrected chi connectivity index (χ0v) is 7.29. The van der Waals surface area contributed by atoms with Gasteiger partial charge in [0.05, 0.1) is 11.8 Å². The molecule has 1 aliphatic heterocycles. The molecule has 0 bridgehead atoms. The van der Waals surface area contributed by atoms with Crippen molar-refractivity contribution in [3.63, 3.8) is 0 Å². The number of fused-ring (bicyclic) bond motifs is 1. The van der Waals surface area contributed by atoms with Gasteiger partial charge in [-0.3, -0.25) is 0 Å². The lowest BCUT2D eigenvalue weighted by Crippen LogP contribution is -2.11. The lowest BCUT2D eigenvalue weighted by molar-refractivity contribution is 0.246. The highest BCUT2D eigenvalue weighted by Crippen LogP contribution is 2.56. The third kappa shape index (κ3) is 0.643. The number of nitrogens with zero attached hydrogens (tertiary/aromatic N) is 1. The largest absolute Gasteiger partial charge is 0.359 e. The van der Waals surface area contributed by atoms with Crippen molar-refractivity contribution >= 4 is 0 Å². The summed E-state index contributed by atoms with van der Waals surface area (Å²) in [6.07, 6.45) is 6.43. The Morgan fingerprint density at radius 3 is 3.08 bits per heavy atom. The van der Waals surface area contributed by atoms with Gasteiger partial charge in [-0.2, -0.15) is 0 Å². The first-order valence-corrected chi connectivity index (χ1v) is 4.62. The summed E-state index contributed by atoms with van der Waals surface area (Å²) in [7, 11) is 2.10. The van der Waals surface area contributed by atoms with Gasteiger partial charge >= 0.3 is 0 Å². The van der Waals surface area contributed by atoms with Crippen LogP contribution in [0.3, 0.4) is 0 Å². The molecule has 0 spiro atoms. The molecule has 0 unspecified atom stereocenters. The van der Waals surface area contributed by atoms with Crippen LogP contribution in [0.15, 0.2) is 18.3 Å². The molecule has 1 saturated carbocycles. The number of hydrogen-bond donors (Lipinski definition) is 0. The van der Waals surface area contributed by atoms with E-state index in [0.29, 0.717) is 6.10 Å². The normalized spacial score (nSPS) is 38.2. The fourth-order valence-electron chi connectivity index (χ4n) is 2.54. The molecule has 1 aromatic rings. The van der Waals surface area contributed by atoms with Gasteiger partial charge < -0.3 is 9.30 Å². The van der Waals surface area contributed by atoms with Crippen LogP contribution in [0.1, 0.15) is 25.0 Å². The highest BCUT2D eigenvalue weighted by atomic mass is 16.6.